The summed E-state index contributed by atoms with van der Waals surface area (Å²) in [7, 11) is 0. The maximum absolute atomic E-state index is 6.33. The van der Waals surface area contributed by atoms with Crippen LogP contribution in [0.4, 0.5) is 0 Å². The highest BCUT2D eigenvalue weighted by atomic mass is 35.5. The molecule has 0 aliphatic carbocycles. The normalized spacial score (nSPS) is 23.8. The van der Waals surface area contributed by atoms with Crippen LogP contribution in [-0.4, -0.2) is 30.2 Å². The Morgan fingerprint density at radius 1 is 1.08 bits per heavy atom. The Morgan fingerprint density at radius 2 is 1.92 bits per heavy atom. The molecule has 2 heterocycles. The van der Waals surface area contributed by atoms with Gasteiger partial charge in [0, 0.05) is 17.6 Å². The van der Waals surface area contributed by atoms with E-state index in [-0.39, 0.29) is 0 Å². The molecule has 0 radical (unpaired) electrons. The summed E-state index contributed by atoms with van der Waals surface area (Å²) in [6, 6.07) is 17.7. The number of fused-ring (bicyclic) bond motifs is 2. The summed E-state index contributed by atoms with van der Waals surface area (Å²) in [5, 5.41) is 0.849. The van der Waals surface area contributed by atoms with Crippen molar-refractivity contribution in [3.8, 4) is 0 Å². The second-order valence-electron chi connectivity index (χ2n) is 6.72. The van der Waals surface area contributed by atoms with E-state index in [0.717, 1.165) is 31.2 Å². The minimum absolute atomic E-state index is 0.339. The minimum Gasteiger partial charge on any atom is -0.378 e. The van der Waals surface area contributed by atoms with Crippen molar-refractivity contribution in [2.45, 2.75) is 32.0 Å². The van der Waals surface area contributed by atoms with E-state index in [4.69, 9.17) is 16.3 Å². The Bertz CT molecular complexity index is 756. The van der Waals surface area contributed by atoms with Gasteiger partial charge in [-0.25, -0.2) is 0 Å². The van der Waals surface area contributed by atoms with Crippen molar-refractivity contribution in [1.82, 2.24) is 4.90 Å². The summed E-state index contributed by atoms with van der Waals surface area (Å²) in [6.45, 7) is 4.67. The molecule has 2 aliphatic rings. The first-order valence-corrected chi connectivity index (χ1v) is 8.94. The number of halogens is 1. The lowest BCUT2D eigenvalue weighted by Gasteiger charge is -2.45. The van der Waals surface area contributed by atoms with Crippen LogP contribution in [0, 0.1) is 6.92 Å². The molecule has 3 heteroatoms. The molecule has 0 N–H and O–H groups in total. The van der Waals surface area contributed by atoms with E-state index in [9.17, 15) is 0 Å². The first-order valence-electron chi connectivity index (χ1n) is 8.56. The van der Waals surface area contributed by atoms with Crippen LogP contribution in [0.3, 0.4) is 0 Å². The third kappa shape index (κ3) is 3.02. The fraction of sp³-hybridized carbons (Fsp3) is 0.333. The second kappa shape index (κ2) is 6.72. The van der Waals surface area contributed by atoms with Crippen LogP contribution in [0.5, 0.6) is 0 Å². The van der Waals surface area contributed by atoms with Crippen LogP contribution < -0.4 is 0 Å². The van der Waals surface area contributed by atoms with Gasteiger partial charge in [0.15, 0.2) is 0 Å². The summed E-state index contributed by atoms with van der Waals surface area (Å²) in [6.07, 6.45) is 3.40. The molecule has 2 aromatic rings. The summed E-state index contributed by atoms with van der Waals surface area (Å²) in [5.41, 5.74) is 5.25. The first kappa shape index (κ1) is 15.9. The Hall–Kier alpha value is -1.61. The summed E-state index contributed by atoms with van der Waals surface area (Å²) < 4.78 is 5.83. The van der Waals surface area contributed by atoms with Crippen LogP contribution >= 0.6 is 11.6 Å². The third-order valence-corrected chi connectivity index (χ3v) is 5.57. The summed E-state index contributed by atoms with van der Waals surface area (Å²) in [5.74, 6) is 0. The van der Waals surface area contributed by atoms with Gasteiger partial charge in [-0.3, -0.25) is 4.90 Å². The number of hydrogen-bond acceptors (Lipinski definition) is 2. The molecule has 2 atom stereocenters. The number of nitrogens with zero attached hydrogens (tertiary/aromatic N) is 1. The van der Waals surface area contributed by atoms with Gasteiger partial charge < -0.3 is 4.74 Å². The standard InChI is InChI=1S/C21H22ClNO/c1-15-20(8-5-9-21(15)22)17-10-18-13-24-14-19(11-17)23(18)12-16-6-3-2-4-7-16/h2-10,18-19H,11-14H2,1H3. The van der Waals surface area contributed by atoms with E-state index in [1.165, 1.54) is 22.3 Å². The lowest BCUT2D eigenvalue weighted by molar-refractivity contribution is -0.0402. The van der Waals surface area contributed by atoms with Gasteiger partial charge in [0.25, 0.3) is 0 Å². The molecule has 0 saturated carbocycles. The zero-order chi connectivity index (χ0) is 16.5. The number of morpholine rings is 1. The lowest BCUT2D eigenvalue weighted by atomic mass is 9.87. The fourth-order valence-electron chi connectivity index (χ4n) is 3.86. The average Bonchev–Trinajstić information content (AvgIpc) is 2.58. The van der Waals surface area contributed by atoms with Crippen LogP contribution in [0.1, 0.15) is 23.1 Å². The third-order valence-electron chi connectivity index (χ3n) is 5.16. The fourth-order valence-corrected chi connectivity index (χ4v) is 4.03. The second-order valence-corrected chi connectivity index (χ2v) is 7.13. The molecule has 24 heavy (non-hydrogen) atoms. The van der Waals surface area contributed by atoms with Crippen molar-refractivity contribution in [1.29, 1.82) is 0 Å². The molecule has 2 aromatic carbocycles. The highest BCUT2D eigenvalue weighted by molar-refractivity contribution is 6.31. The van der Waals surface area contributed by atoms with Crippen LogP contribution in [0.15, 0.2) is 54.6 Å². The quantitative estimate of drug-likeness (QED) is 0.803. The maximum atomic E-state index is 6.33. The molecule has 0 amide bonds. The van der Waals surface area contributed by atoms with E-state index in [2.05, 4.69) is 54.3 Å². The van der Waals surface area contributed by atoms with Gasteiger partial charge in [0.05, 0.1) is 19.3 Å². The van der Waals surface area contributed by atoms with E-state index in [1.807, 2.05) is 12.1 Å². The van der Waals surface area contributed by atoms with Gasteiger partial charge >= 0.3 is 0 Å². The number of rotatable bonds is 3. The number of ether oxygens (including phenoxy) is 1. The molecular weight excluding hydrogens is 318 g/mol. The zero-order valence-electron chi connectivity index (χ0n) is 13.9. The van der Waals surface area contributed by atoms with Gasteiger partial charge in [-0.05, 0) is 41.7 Å². The van der Waals surface area contributed by atoms with Crippen LogP contribution in [-0.2, 0) is 11.3 Å². The highest BCUT2D eigenvalue weighted by Gasteiger charge is 2.35. The van der Waals surface area contributed by atoms with Crippen LogP contribution in [0.25, 0.3) is 5.57 Å². The molecular formula is C21H22ClNO. The van der Waals surface area contributed by atoms with Gasteiger partial charge in [-0.2, -0.15) is 0 Å². The van der Waals surface area contributed by atoms with E-state index in [1.54, 1.807) is 0 Å². The molecule has 124 valence electrons. The van der Waals surface area contributed by atoms with Crippen molar-refractivity contribution in [3.63, 3.8) is 0 Å². The van der Waals surface area contributed by atoms with E-state index < -0.39 is 0 Å². The van der Waals surface area contributed by atoms with E-state index in [0.29, 0.717) is 12.1 Å². The topological polar surface area (TPSA) is 12.5 Å². The summed E-state index contributed by atoms with van der Waals surface area (Å²) >= 11 is 6.33. The average molecular weight is 340 g/mol. The Balaban J connectivity index is 1.64. The molecule has 1 fully saturated rings. The van der Waals surface area contributed by atoms with Gasteiger partial charge in [0.2, 0.25) is 0 Å². The lowest BCUT2D eigenvalue weighted by Crippen LogP contribution is -2.53. The predicted octanol–water partition coefficient (Wildman–Crippen LogP) is 4.71. The first-order chi connectivity index (χ1) is 11.7. The van der Waals surface area contributed by atoms with Crippen molar-refractivity contribution in [2.24, 2.45) is 0 Å². The highest BCUT2D eigenvalue weighted by Crippen LogP contribution is 2.36. The van der Waals surface area contributed by atoms with Crippen molar-refractivity contribution >= 4 is 17.2 Å². The van der Waals surface area contributed by atoms with Gasteiger partial charge in [-0.1, -0.05) is 60.1 Å². The van der Waals surface area contributed by atoms with Gasteiger partial charge in [-0.15, -0.1) is 0 Å². The molecule has 2 aliphatic heterocycles. The van der Waals surface area contributed by atoms with Crippen LogP contribution in [0.2, 0.25) is 5.02 Å². The minimum atomic E-state index is 0.339. The van der Waals surface area contributed by atoms with Crippen molar-refractivity contribution < 1.29 is 4.74 Å². The van der Waals surface area contributed by atoms with Crippen molar-refractivity contribution in [3.05, 3.63) is 76.3 Å². The van der Waals surface area contributed by atoms with Gasteiger partial charge in [0.1, 0.15) is 0 Å². The molecule has 1 saturated heterocycles. The predicted molar refractivity (Wildman–Crippen MR) is 99.2 cm³/mol. The smallest absolute Gasteiger partial charge is 0.0658 e. The zero-order valence-corrected chi connectivity index (χ0v) is 14.7. The SMILES string of the molecule is Cc1c(Cl)cccc1C1=CC2COCC(C1)N2Cc1ccccc1. The molecule has 4 rings (SSSR count). The molecule has 2 unspecified atom stereocenters. The monoisotopic (exact) mass is 339 g/mol. The Morgan fingerprint density at radius 3 is 2.71 bits per heavy atom. The van der Waals surface area contributed by atoms with Crippen molar-refractivity contribution in [2.75, 3.05) is 13.2 Å². The Kier molecular flexibility index (Phi) is 4.45. The summed E-state index contributed by atoms with van der Waals surface area (Å²) in [4.78, 5) is 2.59. The molecule has 2 nitrogen and oxygen atoms in total. The molecule has 2 bridgehead atoms. The largest absolute Gasteiger partial charge is 0.378 e. The molecule has 0 aromatic heterocycles. The van der Waals surface area contributed by atoms with E-state index >= 15 is 0 Å². The molecule has 0 spiro atoms. The number of hydrogen-bond donors (Lipinski definition) is 0. The number of benzene rings is 2. The maximum Gasteiger partial charge on any atom is 0.0658 e. The Labute approximate surface area is 148 Å².